The summed E-state index contributed by atoms with van der Waals surface area (Å²) in [4.78, 5) is 32.5. The highest BCUT2D eigenvalue weighted by molar-refractivity contribution is 8.01. The summed E-state index contributed by atoms with van der Waals surface area (Å²) in [6.07, 6.45) is 0. The maximum Gasteiger partial charge on any atom is 0.340 e. The molecule has 1 aliphatic heterocycles. The van der Waals surface area contributed by atoms with Crippen LogP contribution in [-0.4, -0.2) is 49.6 Å². The first-order chi connectivity index (χ1) is 6.80. The molecule has 0 aromatic carbocycles. The lowest BCUT2D eigenvalue weighted by molar-refractivity contribution is -0.157. The molecule has 1 rings (SSSR count). The SMILES string of the molecule is CC(=O)N1[C@@H](C(=O)O)CS[C@]1(C)C(=O)O. The van der Waals surface area contributed by atoms with Crippen molar-refractivity contribution in [3.63, 3.8) is 0 Å². The Morgan fingerprint density at radius 2 is 1.93 bits per heavy atom. The van der Waals surface area contributed by atoms with E-state index in [1.54, 1.807) is 0 Å². The van der Waals surface area contributed by atoms with Gasteiger partial charge in [-0.15, -0.1) is 11.8 Å². The number of carbonyl (C=O) groups excluding carboxylic acids is 1. The van der Waals surface area contributed by atoms with E-state index in [1.165, 1.54) is 13.8 Å². The number of thioether (sulfide) groups is 1. The van der Waals surface area contributed by atoms with Crippen LogP contribution in [0.2, 0.25) is 0 Å². The van der Waals surface area contributed by atoms with E-state index in [-0.39, 0.29) is 5.75 Å². The minimum atomic E-state index is -1.48. The van der Waals surface area contributed by atoms with Gasteiger partial charge in [0.25, 0.3) is 0 Å². The summed E-state index contributed by atoms with van der Waals surface area (Å²) in [5, 5.41) is 17.8. The topological polar surface area (TPSA) is 94.9 Å². The van der Waals surface area contributed by atoms with Crippen LogP contribution in [-0.2, 0) is 14.4 Å². The van der Waals surface area contributed by atoms with Crippen molar-refractivity contribution in [3.8, 4) is 0 Å². The van der Waals surface area contributed by atoms with Crippen LogP contribution in [0.25, 0.3) is 0 Å². The molecule has 84 valence electrons. The lowest BCUT2D eigenvalue weighted by atomic mass is 10.2. The number of hydrogen-bond acceptors (Lipinski definition) is 4. The third-order valence-corrected chi connectivity index (χ3v) is 3.73. The van der Waals surface area contributed by atoms with Gasteiger partial charge in [0, 0.05) is 12.7 Å². The van der Waals surface area contributed by atoms with E-state index in [0.29, 0.717) is 0 Å². The summed E-state index contributed by atoms with van der Waals surface area (Å²) in [6, 6.07) is -1.06. The van der Waals surface area contributed by atoms with E-state index in [0.717, 1.165) is 16.7 Å². The van der Waals surface area contributed by atoms with E-state index in [1.807, 2.05) is 0 Å². The molecule has 0 spiro atoms. The summed E-state index contributed by atoms with van der Waals surface area (Å²) in [6.45, 7) is 2.51. The molecule has 1 heterocycles. The van der Waals surface area contributed by atoms with Crippen LogP contribution < -0.4 is 0 Å². The molecule has 15 heavy (non-hydrogen) atoms. The fourth-order valence-corrected chi connectivity index (χ4v) is 2.84. The second-order valence-corrected chi connectivity index (χ2v) is 4.76. The van der Waals surface area contributed by atoms with E-state index < -0.39 is 28.8 Å². The standard InChI is InChI=1S/C8H11NO5S/c1-4(10)9-5(6(11)12)3-15-8(9,2)7(13)14/h5H,3H2,1-2H3,(H,11,12)(H,13,14)/t5-,8-/m1/s1. The Balaban J connectivity index is 3.10. The van der Waals surface area contributed by atoms with Crippen molar-refractivity contribution in [2.45, 2.75) is 24.8 Å². The second kappa shape index (κ2) is 3.73. The van der Waals surface area contributed by atoms with E-state index in [2.05, 4.69) is 0 Å². The van der Waals surface area contributed by atoms with Gasteiger partial charge in [0.1, 0.15) is 6.04 Å². The third kappa shape index (κ3) is 1.79. The fourth-order valence-electron chi connectivity index (χ4n) is 1.55. The molecule has 0 aromatic heterocycles. The van der Waals surface area contributed by atoms with Crippen molar-refractivity contribution < 1.29 is 24.6 Å². The fraction of sp³-hybridized carbons (Fsp3) is 0.625. The molecule has 6 nitrogen and oxygen atoms in total. The van der Waals surface area contributed by atoms with Crippen LogP contribution in [0.4, 0.5) is 0 Å². The van der Waals surface area contributed by atoms with Crippen LogP contribution in [0.5, 0.6) is 0 Å². The van der Waals surface area contributed by atoms with Crippen LogP contribution in [0.15, 0.2) is 0 Å². The number of rotatable bonds is 2. The molecule has 7 heteroatoms. The summed E-state index contributed by atoms with van der Waals surface area (Å²) in [5.74, 6) is -2.83. The number of aliphatic carboxylic acids is 2. The van der Waals surface area contributed by atoms with Gasteiger partial charge in [0.2, 0.25) is 5.91 Å². The molecule has 0 saturated carbocycles. The van der Waals surface area contributed by atoms with Gasteiger partial charge in [-0.3, -0.25) is 4.79 Å². The Hall–Kier alpha value is -1.24. The van der Waals surface area contributed by atoms with Gasteiger partial charge < -0.3 is 15.1 Å². The van der Waals surface area contributed by atoms with Crippen LogP contribution in [0.1, 0.15) is 13.8 Å². The van der Waals surface area contributed by atoms with Gasteiger partial charge in [-0.2, -0.15) is 0 Å². The monoisotopic (exact) mass is 233 g/mol. The van der Waals surface area contributed by atoms with Gasteiger partial charge in [0.05, 0.1) is 0 Å². The molecule has 2 atom stereocenters. The number of carboxylic acid groups (broad SMARTS) is 2. The first-order valence-electron chi connectivity index (χ1n) is 4.20. The zero-order chi connectivity index (χ0) is 11.8. The molecule has 2 N–H and O–H groups in total. The van der Waals surface area contributed by atoms with E-state index in [9.17, 15) is 14.4 Å². The van der Waals surface area contributed by atoms with Crippen molar-refractivity contribution in [2.24, 2.45) is 0 Å². The number of carbonyl (C=O) groups is 3. The Labute approximate surface area is 90.2 Å². The number of carboxylic acids is 2. The highest BCUT2D eigenvalue weighted by Crippen LogP contribution is 2.39. The molecule has 1 saturated heterocycles. The number of hydrogen-bond donors (Lipinski definition) is 2. The van der Waals surface area contributed by atoms with E-state index >= 15 is 0 Å². The minimum absolute atomic E-state index is 0.0950. The van der Waals surface area contributed by atoms with Gasteiger partial charge in [-0.1, -0.05) is 0 Å². The smallest absolute Gasteiger partial charge is 0.340 e. The number of amides is 1. The van der Waals surface area contributed by atoms with Crippen molar-refractivity contribution in [2.75, 3.05) is 5.75 Å². The average molecular weight is 233 g/mol. The maximum atomic E-state index is 11.3. The first-order valence-corrected chi connectivity index (χ1v) is 5.19. The number of nitrogens with zero attached hydrogens (tertiary/aromatic N) is 1. The van der Waals surface area contributed by atoms with Crippen molar-refractivity contribution in [3.05, 3.63) is 0 Å². The van der Waals surface area contributed by atoms with Crippen LogP contribution >= 0.6 is 11.8 Å². The molecule has 0 bridgehead atoms. The minimum Gasteiger partial charge on any atom is -0.480 e. The Morgan fingerprint density at radius 3 is 2.27 bits per heavy atom. The second-order valence-electron chi connectivity index (χ2n) is 3.34. The highest BCUT2D eigenvalue weighted by atomic mass is 32.2. The summed E-state index contributed by atoms with van der Waals surface area (Å²) in [7, 11) is 0. The molecule has 0 unspecified atom stereocenters. The van der Waals surface area contributed by atoms with Gasteiger partial charge in [-0.25, -0.2) is 9.59 Å². The summed E-state index contributed by atoms with van der Waals surface area (Å²) < 4.78 is 0. The lowest BCUT2D eigenvalue weighted by Gasteiger charge is -2.31. The van der Waals surface area contributed by atoms with Crippen molar-refractivity contribution >= 4 is 29.6 Å². The third-order valence-electron chi connectivity index (χ3n) is 2.31. The molecular weight excluding hydrogens is 222 g/mol. The van der Waals surface area contributed by atoms with Crippen molar-refractivity contribution in [1.82, 2.24) is 4.90 Å². The highest BCUT2D eigenvalue weighted by Gasteiger charge is 2.53. The average Bonchev–Trinajstić information content (AvgIpc) is 2.44. The van der Waals surface area contributed by atoms with Crippen LogP contribution in [0, 0.1) is 0 Å². The predicted octanol–water partition coefficient (Wildman–Crippen LogP) is -0.164. The molecule has 1 amide bonds. The molecule has 0 radical (unpaired) electrons. The molecule has 0 aliphatic carbocycles. The molecule has 1 fully saturated rings. The van der Waals surface area contributed by atoms with Crippen molar-refractivity contribution in [1.29, 1.82) is 0 Å². The van der Waals surface area contributed by atoms with Crippen LogP contribution in [0.3, 0.4) is 0 Å². The van der Waals surface area contributed by atoms with E-state index in [4.69, 9.17) is 10.2 Å². The van der Waals surface area contributed by atoms with Gasteiger partial charge in [-0.05, 0) is 6.92 Å². The van der Waals surface area contributed by atoms with Gasteiger partial charge >= 0.3 is 11.9 Å². The zero-order valence-corrected chi connectivity index (χ0v) is 9.08. The molecule has 0 aromatic rings. The Kier molecular flexibility index (Phi) is 2.94. The Bertz CT molecular complexity index is 331. The van der Waals surface area contributed by atoms with Gasteiger partial charge in [0.15, 0.2) is 4.87 Å². The zero-order valence-electron chi connectivity index (χ0n) is 8.26. The predicted molar refractivity (Wildman–Crippen MR) is 52.4 cm³/mol. The maximum absolute atomic E-state index is 11.3. The summed E-state index contributed by atoms with van der Waals surface area (Å²) in [5.41, 5.74) is 0. The molecule has 1 aliphatic rings. The largest absolute Gasteiger partial charge is 0.480 e. The lowest BCUT2D eigenvalue weighted by Crippen LogP contribution is -2.54. The quantitative estimate of drug-likeness (QED) is 0.688. The molecular formula is C8H11NO5S. The summed E-state index contributed by atoms with van der Waals surface area (Å²) >= 11 is 0.950. The normalized spacial score (nSPS) is 30.3. The first kappa shape index (κ1) is 11.8. The Morgan fingerprint density at radius 1 is 1.40 bits per heavy atom.